The fourth-order valence-electron chi connectivity index (χ4n) is 2.05. The molecule has 0 aliphatic rings. The van der Waals surface area contributed by atoms with Gasteiger partial charge in [0.1, 0.15) is 0 Å². The Balaban J connectivity index is 2.70. The van der Waals surface area contributed by atoms with Gasteiger partial charge in [-0.25, -0.2) is 4.79 Å². The first kappa shape index (κ1) is 17.2. The molecule has 1 amide bonds. The van der Waals surface area contributed by atoms with Gasteiger partial charge in [-0.3, -0.25) is 4.79 Å². The minimum absolute atomic E-state index is 0.0689. The molecule has 0 saturated heterocycles. The first-order valence-corrected chi connectivity index (χ1v) is 7.18. The van der Waals surface area contributed by atoms with Crippen LogP contribution in [0.3, 0.4) is 0 Å². The molecule has 2 N–H and O–H groups in total. The summed E-state index contributed by atoms with van der Waals surface area (Å²) in [6, 6.07) is 3.47. The van der Waals surface area contributed by atoms with E-state index in [0.717, 1.165) is 12.8 Å². The number of carboxylic acids is 1. The van der Waals surface area contributed by atoms with Crippen LogP contribution in [0.4, 0.5) is 0 Å². The number of nitrogens with one attached hydrogen (secondary N) is 1. The first-order valence-electron chi connectivity index (χ1n) is 7.18. The molecule has 0 spiro atoms. The lowest BCUT2D eigenvalue weighted by molar-refractivity contribution is 0.0689. The van der Waals surface area contributed by atoms with Gasteiger partial charge in [0.2, 0.25) is 0 Å². The van der Waals surface area contributed by atoms with Crippen LogP contribution >= 0.6 is 0 Å². The van der Waals surface area contributed by atoms with Crippen LogP contribution in [0.5, 0.6) is 0 Å². The molecular formula is C16H23NO4. The molecular weight excluding hydrogens is 270 g/mol. The van der Waals surface area contributed by atoms with E-state index in [1.54, 1.807) is 26.0 Å². The summed E-state index contributed by atoms with van der Waals surface area (Å²) in [5, 5.41) is 12.0. The summed E-state index contributed by atoms with van der Waals surface area (Å²) in [4.78, 5) is 23.5. The maximum Gasteiger partial charge on any atom is 0.336 e. The number of aryl methyl sites for hydroxylation is 2. The monoisotopic (exact) mass is 293 g/mol. The predicted octanol–water partition coefficient (Wildman–Crippen LogP) is 2.55. The van der Waals surface area contributed by atoms with Gasteiger partial charge in [0.25, 0.3) is 5.91 Å². The fourth-order valence-corrected chi connectivity index (χ4v) is 2.05. The molecule has 116 valence electrons. The van der Waals surface area contributed by atoms with E-state index in [-0.39, 0.29) is 17.0 Å². The second-order valence-corrected chi connectivity index (χ2v) is 4.98. The number of hydrogen-bond acceptors (Lipinski definition) is 3. The predicted molar refractivity (Wildman–Crippen MR) is 80.9 cm³/mol. The molecule has 5 heteroatoms. The molecule has 0 aliphatic heterocycles. The Morgan fingerprint density at radius 2 is 1.76 bits per heavy atom. The van der Waals surface area contributed by atoms with E-state index < -0.39 is 5.97 Å². The van der Waals surface area contributed by atoms with Crippen molar-refractivity contribution in [3.63, 3.8) is 0 Å². The molecule has 0 atom stereocenters. The van der Waals surface area contributed by atoms with Crippen LogP contribution in [0.15, 0.2) is 12.1 Å². The number of carbonyl (C=O) groups is 2. The molecule has 0 fully saturated rings. The number of amides is 1. The van der Waals surface area contributed by atoms with Crippen molar-refractivity contribution >= 4 is 11.9 Å². The highest BCUT2D eigenvalue weighted by atomic mass is 16.5. The van der Waals surface area contributed by atoms with E-state index in [0.29, 0.717) is 30.9 Å². The minimum Gasteiger partial charge on any atom is -0.478 e. The second kappa shape index (κ2) is 8.42. The van der Waals surface area contributed by atoms with Crippen molar-refractivity contribution in [1.82, 2.24) is 5.32 Å². The van der Waals surface area contributed by atoms with E-state index in [9.17, 15) is 14.7 Å². The largest absolute Gasteiger partial charge is 0.478 e. The Kier molecular flexibility index (Phi) is 6.88. The third-order valence-electron chi connectivity index (χ3n) is 3.24. The van der Waals surface area contributed by atoms with Crippen LogP contribution in [0.2, 0.25) is 0 Å². The Morgan fingerprint density at radius 1 is 1.14 bits per heavy atom. The Morgan fingerprint density at radius 3 is 2.33 bits per heavy atom. The lowest BCUT2D eigenvalue weighted by Crippen LogP contribution is -2.30. The Bertz CT molecular complexity index is 511. The van der Waals surface area contributed by atoms with Crippen LogP contribution in [0.1, 0.15) is 51.6 Å². The quantitative estimate of drug-likeness (QED) is 0.722. The van der Waals surface area contributed by atoms with Crippen molar-refractivity contribution in [3.8, 4) is 0 Å². The number of rotatable bonds is 8. The molecule has 0 heterocycles. The van der Waals surface area contributed by atoms with Gasteiger partial charge < -0.3 is 15.2 Å². The fraction of sp³-hybridized carbons (Fsp3) is 0.500. The number of aromatic carboxylic acids is 1. The van der Waals surface area contributed by atoms with Gasteiger partial charge in [-0.1, -0.05) is 25.5 Å². The summed E-state index contributed by atoms with van der Waals surface area (Å²) in [5.74, 6) is -1.45. The normalized spacial score (nSPS) is 10.4. The average molecular weight is 293 g/mol. The standard InChI is InChI=1S/C16H23NO4/c1-4-5-9-21-10-8-17-15(18)13-11(2)6-7-12(3)14(13)16(19)20/h6-7H,4-5,8-10H2,1-3H3,(H,17,18)(H,19,20). The molecule has 0 aromatic heterocycles. The molecule has 0 saturated carbocycles. The maximum atomic E-state index is 12.2. The molecule has 1 rings (SSSR count). The highest BCUT2D eigenvalue weighted by Gasteiger charge is 2.20. The minimum atomic E-state index is -1.08. The SMILES string of the molecule is CCCCOCCNC(=O)c1c(C)ccc(C)c1C(=O)O. The number of hydrogen-bond donors (Lipinski definition) is 2. The van der Waals surface area contributed by atoms with Gasteiger partial charge in [-0.15, -0.1) is 0 Å². The van der Waals surface area contributed by atoms with Gasteiger partial charge in [-0.2, -0.15) is 0 Å². The number of unbranched alkanes of at least 4 members (excludes halogenated alkanes) is 1. The van der Waals surface area contributed by atoms with E-state index in [2.05, 4.69) is 12.2 Å². The molecule has 0 unspecified atom stereocenters. The third kappa shape index (κ3) is 4.86. The molecule has 1 aromatic rings. The van der Waals surface area contributed by atoms with Crippen LogP contribution in [-0.2, 0) is 4.74 Å². The van der Waals surface area contributed by atoms with E-state index in [1.165, 1.54) is 0 Å². The van der Waals surface area contributed by atoms with Crippen molar-refractivity contribution in [2.45, 2.75) is 33.6 Å². The van der Waals surface area contributed by atoms with Gasteiger partial charge in [0.05, 0.1) is 17.7 Å². The summed E-state index contributed by atoms with van der Waals surface area (Å²) in [5.41, 5.74) is 1.54. The number of benzene rings is 1. The van der Waals surface area contributed by atoms with Crippen molar-refractivity contribution in [2.24, 2.45) is 0 Å². The van der Waals surface area contributed by atoms with E-state index >= 15 is 0 Å². The lowest BCUT2D eigenvalue weighted by atomic mass is 9.96. The lowest BCUT2D eigenvalue weighted by Gasteiger charge is -2.12. The summed E-state index contributed by atoms with van der Waals surface area (Å²) < 4.78 is 5.36. The maximum absolute atomic E-state index is 12.2. The molecule has 0 aliphatic carbocycles. The zero-order chi connectivity index (χ0) is 15.8. The highest BCUT2D eigenvalue weighted by molar-refractivity contribution is 6.06. The van der Waals surface area contributed by atoms with Crippen LogP contribution < -0.4 is 5.32 Å². The van der Waals surface area contributed by atoms with Crippen LogP contribution in [-0.4, -0.2) is 36.7 Å². The van der Waals surface area contributed by atoms with Gasteiger partial charge in [-0.05, 0) is 31.4 Å². The summed E-state index contributed by atoms with van der Waals surface area (Å²) in [6.07, 6.45) is 2.06. The Hall–Kier alpha value is -1.88. The third-order valence-corrected chi connectivity index (χ3v) is 3.24. The first-order chi connectivity index (χ1) is 9.99. The van der Waals surface area contributed by atoms with Gasteiger partial charge in [0, 0.05) is 13.2 Å². The number of ether oxygens (including phenoxy) is 1. The smallest absolute Gasteiger partial charge is 0.336 e. The van der Waals surface area contributed by atoms with Crippen molar-refractivity contribution in [2.75, 3.05) is 19.8 Å². The van der Waals surface area contributed by atoms with Crippen molar-refractivity contribution in [1.29, 1.82) is 0 Å². The topological polar surface area (TPSA) is 75.6 Å². The van der Waals surface area contributed by atoms with Crippen LogP contribution in [0.25, 0.3) is 0 Å². The highest BCUT2D eigenvalue weighted by Crippen LogP contribution is 2.18. The molecule has 0 bridgehead atoms. The molecule has 21 heavy (non-hydrogen) atoms. The zero-order valence-electron chi connectivity index (χ0n) is 12.9. The van der Waals surface area contributed by atoms with Crippen LogP contribution in [0, 0.1) is 13.8 Å². The van der Waals surface area contributed by atoms with E-state index in [4.69, 9.17) is 4.74 Å². The van der Waals surface area contributed by atoms with Crippen molar-refractivity contribution < 1.29 is 19.4 Å². The molecule has 0 radical (unpaired) electrons. The summed E-state index contributed by atoms with van der Waals surface area (Å²) in [6.45, 7) is 6.98. The summed E-state index contributed by atoms with van der Waals surface area (Å²) in [7, 11) is 0. The molecule has 1 aromatic carbocycles. The second-order valence-electron chi connectivity index (χ2n) is 4.98. The summed E-state index contributed by atoms with van der Waals surface area (Å²) >= 11 is 0. The van der Waals surface area contributed by atoms with Gasteiger partial charge in [0.15, 0.2) is 0 Å². The number of carboxylic acid groups (broad SMARTS) is 1. The molecule has 5 nitrogen and oxygen atoms in total. The van der Waals surface area contributed by atoms with E-state index in [1.807, 2.05) is 0 Å². The van der Waals surface area contributed by atoms with Crippen molar-refractivity contribution in [3.05, 3.63) is 34.4 Å². The zero-order valence-corrected chi connectivity index (χ0v) is 12.9. The van der Waals surface area contributed by atoms with Gasteiger partial charge >= 0.3 is 5.97 Å². The number of carbonyl (C=O) groups excluding carboxylic acids is 1. The average Bonchev–Trinajstić information content (AvgIpc) is 2.44. The Labute approximate surface area is 125 Å².